The van der Waals surface area contributed by atoms with Crippen LogP contribution in [0.2, 0.25) is 0 Å². The summed E-state index contributed by atoms with van der Waals surface area (Å²) in [6.45, 7) is 5.89. The van der Waals surface area contributed by atoms with E-state index < -0.39 is 0 Å². The third-order valence-corrected chi connectivity index (χ3v) is 6.79. The second kappa shape index (κ2) is 4.96. The molecule has 3 heteroatoms. The molecule has 5 rings (SSSR count). The van der Waals surface area contributed by atoms with Gasteiger partial charge in [-0.2, -0.15) is 0 Å². The lowest BCUT2D eigenvalue weighted by molar-refractivity contribution is -0.146. The van der Waals surface area contributed by atoms with Gasteiger partial charge >= 0.3 is 0 Å². The molecule has 1 saturated heterocycles. The molecule has 0 aromatic heterocycles. The molecule has 5 fully saturated rings. The van der Waals surface area contributed by atoms with Gasteiger partial charge in [0.2, 0.25) is 0 Å². The summed E-state index contributed by atoms with van der Waals surface area (Å²) >= 11 is 0. The molecule has 4 saturated carbocycles. The van der Waals surface area contributed by atoms with E-state index in [0.29, 0.717) is 6.04 Å². The number of hydrogen-bond donors (Lipinski definition) is 1. The summed E-state index contributed by atoms with van der Waals surface area (Å²) in [7, 11) is 0. The Hall–Kier alpha value is -0.120. The summed E-state index contributed by atoms with van der Waals surface area (Å²) < 4.78 is 5.46. The largest absolute Gasteiger partial charge is 0.391 e. The zero-order valence-electron chi connectivity index (χ0n) is 12.8. The average Bonchev–Trinajstić information content (AvgIpc) is 2.45. The van der Waals surface area contributed by atoms with Crippen molar-refractivity contribution in [1.82, 2.24) is 4.90 Å². The van der Waals surface area contributed by atoms with Crippen molar-refractivity contribution < 1.29 is 9.84 Å². The maximum atomic E-state index is 11.2. The summed E-state index contributed by atoms with van der Waals surface area (Å²) in [6, 6.07) is 0.301. The first-order chi connectivity index (χ1) is 9.66. The molecule has 20 heavy (non-hydrogen) atoms. The van der Waals surface area contributed by atoms with Crippen molar-refractivity contribution >= 4 is 0 Å². The van der Waals surface area contributed by atoms with Gasteiger partial charge in [-0.25, -0.2) is 0 Å². The van der Waals surface area contributed by atoms with E-state index in [0.717, 1.165) is 44.1 Å². The highest BCUT2D eigenvalue weighted by molar-refractivity contribution is 5.06. The van der Waals surface area contributed by atoms with E-state index in [1.165, 1.54) is 38.5 Å². The van der Waals surface area contributed by atoms with Gasteiger partial charge < -0.3 is 9.84 Å². The van der Waals surface area contributed by atoms with E-state index in [4.69, 9.17) is 4.74 Å². The molecule has 0 radical (unpaired) electrons. The van der Waals surface area contributed by atoms with Gasteiger partial charge in [0.05, 0.1) is 19.3 Å². The van der Waals surface area contributed by atoms with E-state index in [2.05, 4.69) is 11.8 Å². The Morgan fingerprint density at radius 1 is 1.00 bits per heavy atom. The van der Waals surface area contributed by atoms with E-state index in [-0.39, 0.29) is 11.5 Å². The molecular formula is C17H29NO2. The van der Waals surface area contributed by atoms with Gasteiger partial charge in [-0.05, 0) is 68.6 Å². The molecule has 0 aromatic rings. The van der Waals surface area contributed by atoms with E-state index >= 15 is 0 Å². The summed E-state index contributed by atoms with van der Waals surface area (Å²) in [4.78, 5) is 2.45. The fraction of sp³-hybridized carbons (Fsp3) is 1.00. The number of ether oxygens (including phenoxy) is 1. The number of aliphatic hydroxyl groups is 1. The normalized spacial score (nSPS) is 47.4. The third-order valence-electron chi connectivity index (χ3n) is 6.79. The average molecular weight is 279 g/mol. The molecule has 3 nitrogen and oxygen atoms in total. The molecule has 0 amide bonds. The molecule has 114 valence electrons. The van der Waals surface area contributed by atoms with Crippen LogP contribution in [0, 0.1) is 23.2 Å². The first-order valence-corrected chi connectivity index (χ1v) is 8.66. The van der Waals surface area contributed by atoms with Crippen LogP contribution in [0.3, 0.4) is 0 Å². The molecule has 4 aliphatic carbocycles. The van der Waals surface area contributed by atoms with E-state index in [1.807, 2.05) is 0 Å². The first kappa shape index (κ1) is 13.5. The highest BCUT2D eigenvalue weighted by Crippen LogP contribution is 2.61. The molecule has 0 unspecified atom stereocenters. The van der Waals surface area contributed by atoms with Crippen molar-refractivity contribution in [2.75, 3.05) is 26.3 Å². The monoisotopic (exact) mass is 279 g/mol. The summed E-state index contributed by atoms with van der Waals surface area (Å²) in [5.41, 5.74) is 0.256. The minimum Gasteiger partial charge on any atom is -0.391 e. The first-order valence-electron chi connectivity index (χ1n) is 8.66. The van der Waals surface area contributed by atoms with Crippen LogP contribution in [0.5, 0.6) is 0 Å². The number of nitrogens with zero attached hydrogens (tertiary/aromatic N) is 1. The lowest BCUT2D eigenvalue weighted by Gasteiger charge is -2.59. The standard InChI is InChI=1S/C17H29NO2/c1-12(18-2-4-20-5-3-18)16(19)17-9-13-6-14(10-17)8-15(7-13)11-17/h12-16,19H,2-11H2,1H3/t12-,13?,14?,15?,16-,17?/m1/s1. The zero-order chi connectivity index (χ0) is 13.7. The van der Waals surface area contributed by atoms with Crippen molar-refractivity contribution in [3.05, 3.63) is 0 Å². The van der Waals surface area contributed by atoms with Gasteiger partial charge in [-0.1, -0.05) is 0 Å². The van der Waals surface area contributed by atoms with Crippen molar-refractivity contribution in [2.24, 2.45) is 23.2 Å². The number of morpholine rings is 1. The van der Waals surface area contributed by atoms with Crippen molar-refractivity contribution in [3.8, 4) is 0 Å². The Bertz CT molecular complexity index is 329. The Morgan fingerprint density at radius 2 is 1.50 bits per heavy atom. The molecule has 1 N–H and O–H groups in total. The Balaban J connectivity index is 1.51. The minimum atomic E-state index is -0.131. The molecule has 0 spiro atoms. The molecular weight excluding hydrogens is 250 g/mol. The molecule has 5 aliphatic rings. The molecule has 4 bridgehead atoms. The van der Waals surface area contributed by atoms with Crippen LogP contribution in [0.1, 0.15) is 45.4 Å². The predicted molar refractivity (Wildman–Crippen MR) is 78.5 cm³/mol. The Kier molecular flexibility index (Phi) is 3.36. The van der Waals surface area contributed by atoms with Crippen LogP contribution >= 0.6 is 0 Å². The van der Waals surface area contributed by atoms with Crippen molar-refractivity contribution in [2.45, 2.75) is 57.6 Å². The van der Waals surface area contributed by atoms with Crippen molar-refractivity contribution in [1.29, 1.82) is 0 Å². The lowest BCUT2D eigenvalue weighted by Crippen LogP contribution is -2.58. The van der Waals surface area contributed by atoms with Gasteiger partial charge in [0.15, 0.2) is 0 Å². The van der Waals surface area contributed by atoms with Gasteiger partial charge in [0.25, 0.3) is 0 Å². The summed E-state index contributed by atoms with van der Waals surface area (Å²) in [6.07, 6.45) is 8.14. The third kappa shape index (κ3) is 2.13. The summed E-state index contributed by atoms with van der Waals surface area (Å²) in [5, 5.41) is 11.2. The van der Waals surface area contributed by atoms with Gasteiger partial charge in [0, 0.05) is 19.1 Å². The second-order valence-electron chi connectivity index (χ2n) is 8.11. The minimum absolute atomic E-state index is 0.131. The SMILES string of the molecule is C[C@H]([C@@H](O)C12CC3CC(CC(C3)C1)C2)N1CCOCC1. The van der Waals surface area contributed by atoms with Crippen LogP contribution in [0.15, 0.2) is 0 Å². The number of hydrogen-bond acceptors (Lipinski definition) is 3. The predicted octanol–water partition coefficient (Wildman–Crippen LogP) is 2.28. The summed E-state index contributed by atoms with van der Waals surface area (Å²) in [5.74, 6) is 2.77. The zero-order valence-corrected chi connectivity index (χ0v) is 12.8. The highest BCUT2D eigenvalue weighted by atomic mass is 16.5. The van der Waals surface area contributed by atoms with E-state index in [9.17, 15) is 5.11 Å². The van der Waals surface area contributed by atoms with Gasteiger partial charge in [0.1, 0.15) is 0 Å². The van der Waals surface area contributed by atoms with Crippen molar-refractivity contribution in [3.63, 3.8) is 0 Å². The molecule has 2 atom stereocenters. The molecule has 1 aliphatic heterocycles. The van der Waals surface area contributed by atoms with Crippen LogP contribution in [-0.4, -0.2) is 48.5 Å². The fourth-order valence-electron chi connectivity index (χ4n) is 6.24. The highest BCUT2D eigenvalue weighted by Gasteiger charge is 2.55. The Labute approximate surface area is 122 Å². The van der Waals surface area contributed by atoms with Gasteiger partial charge in [-0.15, -0.1) is 0 Å². The fourth-order valence-corrected chi connectivity index (χ4v) is 6.24. The van der Waals surface area contributed by atoms with Crippen LogP contribution in [0.25, 0.3) is 0 Å². The maximum absolute atomic E-state index is 11.2. The molecule has 0 aromatic carbocycles. The topological polar surface area (TPSA) is 32.7 Å². The van der Waals surface area contributed by atoms with Crippen LogP contribution in [0.4, 0.5) is 0 Å². The molecule has 1 heterocycles. The van der Waals surface area contributed by atoms with Crippen LogP contribution < -0.4 is 0 Å². The van der Waals surface area contributed by atoms with E-state index in [1.54, 1.807) is 0 Å². The number of aliphatic hydroxyl groups excluding tert-OH is 1. The second-order valence-corrected chi connectivity index (χ2v) is 8.11. The smallest absolute Gasteiger partial charge is 0.0749 e. The Morgan fingerprint density at radius 3 is 2.00 bits per heavy atom. The quantitative estimate of drug-likeness (QED) is 0.860. The lowest BCUT2D eigenvalue weighted by atomic mass is 9.47. The van der Waals surface area contributed by atoms with Crippen LogP contribution in [-0.2, 0) is 4.74 Å². The van der Waals surface area contributed by atoms with Gasteiger partial charge in [-0.3, -0.25) is 4.90 Å². The number of rotatable bonds is 3. The maximum Gasteiger partial charge on any atom is 0.0749 e.